The maximum absolute atomic E-state index is 4.25. The molecule has 1 fully saturated rings. The normalized spacial score (nSPS) is 21.8. The van der Waals surface area contributed by atoms with Crippen molar-refractivity contribution >= 4 is 5.96 Å². The molecule has 1 aliphatic heterocycles. The van der Waals surface area contributed by atoms with Gasteiger partial charge in [0.2, 0.25) is 0 Å². The SMILES string of the molecule is CCCCCNC(=NC)NCC1CCN(C)C1. The molecule has 1 unspecified atom stereocenters. The fraction of sp³-hybridized carbons (Fsp3) is 0.923. The standard InChI is InChI=1S/C13H28N4/c1-4-5-6-8-15-13(14-2)16-10-12-7-9-17(3)11-12/h12H,4-11H2,1-3H3,(H2,14,15,16). The van der Waals surface area contributed by atoms with Crippen LogP contribution in [0.15, 0.2) is 4.99 Å². The number of unbranched alkanes of at least 4 members (excludes halogenated alkanes) is 2. The topological polar surface area (TPSA) is 39.7 Å². The molecule has 0 aromatic heterocycles. The van der Waals surface area contributed by atoms with Crippen molar-refractivity contribution in [3.05, 3.63) is 0 Å². The van der Waals surface area contributed by atoms with Gasteiger partial charge in [0.15, 0.2) is 5.96 Å². The van der Waals surface area contributed by atoms with Gasteiger partial charge in [-0.25, -0.2) is 0 Å². The molecule has 1 aliphatic rings. The molecule has 1 atom stereocenters. The number of nitrogens with one attached hydrogen (secondary N) is 2. The largest absolute Gasteiger partial charge is 0.356 e. The highest BCUT2D eigenvalue weighted by molar-refractivity contribution is 5.79. The highest BCUT2D eigenvalue weighted by Gasteiger charge is 2.19. The lowest BCUT2D eigenvalue weighted by Gasteiger charge is -2.15. The number of hydrogen-bond acceptors (Lipinski definition) is 2. The monoisotopic (exact) mass is 240 g/mol. The smallest absolute Gasteiger partial charge is 0.190 e. The second-order valence-corrected chi connectivity index (χ2v) is 5.00. The molecule has 4 nitrogen and oxygen atoms in total. The lowest BCUT2D eigenvalue weighted by atomic mass is 10.1. The first-order valence-corrected chi connectivity index (χ1v) is 6.89. The molecule has 0 spiro atoms. The molecule has 0 amide bonds. The summed E-state index contributed by atoms with van der Waals surface area (Å²) >= 11 is 0. The Morgan fingerprint density at radius 3 is 2.76 bits per heavy atom. The Bertz CT molecular complexity index is 227. The first-order valence-electron chi connectivity index (χ1n) is 6.89. The fourth-order valence-corrected chi connectivity index (χ4v) is 2.24. The molecule has 0 radical (unpaired) electrons. The summed E-state index contributed by atoms with van der Waals surface area (Å²) in [7, 11) is 4.04. The van der Waals surface area contributed by atoms with E-state index in [1.807, 2.05) is 7.05 Å². The number of nitrogens with zero attached hydrogens (tertiary/aromatic N) is 2. The van der Waals surface area contributed by atoms with Crippen molar-refractivity contribution in [2.24, 2.45) is 10.9 Å². The van der Waals surface area contributed by atoms with Gasteiger partial charge in [-0.05, 0) is 32.4 Å². The summed E-state index contributed by atoms with van der Waals surface area (Å²) in [6.45, 7) is 6.73. The Labute approximate surface area is 106 Å². The third-order valence-electron chi connectivity index (χ3n) is 3.34. The van der Waals surface area contributed by atoms with Crippen molar-refractivity contribution < 1.29 is 0 Å². The first-order chi connectivity index (χ1) is 8.26. The van der Waals surface area contributed by atoms with Gasteiger partial charge in [0.25, 0.3) is 0 Å². The quantitative estimate of drug-likeness (QED) is 0.417. The predicted molar refractivity (Wildman–Crippen MR) is 74.5 cm³/mol. The van der Waals surface area contributed by atoms with E-state index in [9.17, 15) is 0 Å². The van der Waals surface area contributed by atoms with E-state index in [4.69, 9.17) is 0 Å². The third kappa shape index (κ3) is 5.91. The van der Waals surface area contributed by atoms with Crippen LogP contribution in [0, 0.1) is 5.92 Å². The Hall–Kier alpha value is -0.770. The minimum Gasteiger partial charge on any atom is -0.356 e. The summed E-state index contributed by atoms with van der Waals surface area (Å²) in [6.07, 6.45) is 5.08. The van der Waals surface area contributed by atoms with E-state index in [1.54, 1.807) is 0 Å². The maximum atomic E-state index is 4.25. The minimum absolute atomic E-state index is 0.772. The summed E-state index contributed by atoms with van der Waals surface area (Å²) in [5.74, 6) is 1.73. The van der Waals surface area contributed by atoms with Crippen molar-refractivity contribution in [2.75, 3.05) is 40.3 Å². The Morgan fingerprint density at radius 1 is 1.35 bits per heavy atom. The highest BCUT2D eigenvalue weighted by atomic mass is 15.2. The zero-order valence-corrected chi connectivity index (χ0v) is 11.6. The van der Waals surface area contributed by atoms with Crippen LogP contribution in [0.2, 0.25) is 0 Å². The number of likely N-dealkylation sites (tertiary alicyclic amines) is 1. The second kappa shape index (κ2) is 8.34. The van der Waals surface area contributed by atoms with Crippen molar-refractivity contribution in [1.82, 2.24) is 15.5 Å². The lowest BCUT2D eigenvalue weighted by molar-refractivity contribution is 0.394. The fourth-order valence-electron chi connectivity index (χ4n) is 2.24. The van der Waals surface area contributed by atoms with E-state index in [2.05, 4.69) is 34.5 Å². The molecule has 0 aromatic rings. The van der Waals surface area contributed by atoms with Crippen molar-refractivity contribution in [2.45, 2.75) is 32.6 Å². The molecular formula is C13H28N4. The molecule has 0 saturated carbocycles. The molecule has 2 N–H and O–H groups in total. The average molecular weight is 240 g/mol. The van der Waals surface area contributed by atoms with Crippen molar-refractivity contribution in [1.29, 1.82) is 0 Å². The number of hydrogen-bond donors (Lipinski definition) is 2. The summed E-state index contributed by atoms with van der Waals surface area (Å²) in [5.41, 5.74) is 0. The molecule has 0 aromatic carbocycles. The van der Waals surface area contributed by atoms with Gasteiger partial charge < -0.3 is 15.5 Å². The number of guanidine groups is 1. The first kappa shape index (κ1) is 14.3. The van der Waals surface area contributed by atoms with Crippen molar-refractivity contribution in [3.63, 3.8) is 0 Å². The van der Waals surface area contributed by atoms with Crippen LogP contribution >= 0.6 is 0 Å². The molecule has 1 saturated heterocycles. The van der Waals surface area contributed by atoms with Gasteiger partial charge in [-0.1, -0.05) is 19.8 Å². The van der Waals surface area contributed by atoms with Crippen LogP contribution in [0.25, 0.3) is 0 Å². The zero-order chi connectivity index (χ0) is 12.5. The highest BCUT2D eigenvalue weighted by Crippen LogP contribution is 2.12. The molecule has 0 aliphatic carbocycles. The van der Waals surface area contributed by atoms with Gasteiger partial charge in [0.1, 0.15) is 0 Å². The van der Waals surface area contributed by atoms with Crippen LogP contribution in [-0.4, -0.2) is 51.1 Å². The van der Waals surface area contributed by atoms with Gasteiger partial charge in [0.05, 0.1) is 0 Å². The van der Waals surface area contributed by atoms with Crippen LogP contribution in [0.3, 0.4) is 0 Å². The van der Waals surface area contributed by atoms with Gasteiger partial charge >= 0.3 is 0 Å². The van der Waals surface area contributed by atoms with E-state index in [0.29, 0.717) is 0 Å². The van der Waals surface area contributed by atoms with E-state index >= 15 is 0 Å². The molecule has 0 bridgehead atoms. The van der Waals surface area contributed by atoms with E-state index in [0.717, 1.165) is 25.0 Å². The maximum Gasteiger partial charge on any atom is 0.190 e. The zero-order valence-electron chi connectivity index (χ0n) is 11.6. The minimum atomic E-state index is 0.772. The third-order valence-corrected chi connectivity index (χ3v) is 3.34. The average Bonchev–Trinajstić information content (AvgIpc) is 2.74. The predicted octanol–water partition coefficient (Wildman–Crippen LogP) is 1.29. The Kier molecular flexibility index (Phi) is 7.01. The van der Waals surface area contributed by atoms with Gasteiger partial charge in [-0.2, -0.15) is 0 Å². The Morgan fingerprint density at radius 2 is 2.18 bits per heavy atom. The summed E-state index contributed by atoms with van der Waals surface area (Å²) in [6, 6.07) is 0. The van der Waals surface area contributed by atoms with Gasteiger partial charge in [-0.15, -0.1) is 0 Å². The molecular weight excluding hydrogens is 212 g/mol. The van der Waals surface area contributed by atoms with E-state index in [1.165, 1.54) is 38.8 Å². The number of aliphatic imine (C=N–C) groups is 1. The summed E-state index contributed by atoms with van der Waals surface area (Å²) in [5, 5.41) is 6.79. The van der Waals surface area contributed by atoms with E-state index in [-0.39, 0.29) is 0 Å². The molecule has 4 heteroatoms. The Balaban J connectivity index is 2.10. The van der Waals surface area contributed by atoms with Crippen LogP contribution in [0.4, 0.5) is 0 Å². The number of rotatable bonds is 6. The van der Waals surface area contributed by atoms with Crippen LogP contribution in [-0.2, 0) is 0 Å². The summed E-state index contributed by atoms with van der Waals surface area (Å²) < 4.78 is 0. The van der Waals surface area contributed by atoms with Gasteiger partial charge in [-0.3, -0.25) is 4.99 Å². The van der Waals surface area contributed by atoms with Crippen molar-refractivity contribution in [3.8, 4) is 0 Å². The molecule has 100 valence electrons. The van der Waals surface area contributed by atoms with Crippen LogP contribution in [0.5, 0.6) is 0 Å². The molecule has 1 heterocycles. The van der Waals surface area contributed by atoms with E-state index < -0.39 is 0 Å². The van der Waals surface area contributed by atoms with Crippen LogP contribution < -0.4 is 10.6 Å². The molecule has 17 heavy (non-hydrogen) atoms. The lowest BCUT2D eigenvalue weighted by Crippen LogP contribution is -2.40. The summed E-state index contributed by atoms with van der Waals surface area (Å²) in [4.78, 5) is 6.64. The second-order valence-electron chi connectivity index (χ2n) is 5.00. The molecule has 1 rings (SSSR count). The van der Waals surface area contributed by atoms with Crippen LogP contribution in [0.1, 0.15) is 32.6 Å². The van der Waals surface area contributed by atoms with Gasteiger partial charge in [0, 0.05) is 26.7 Å².